The van der Waals surface area contributed by atoms with Crippen molar-refractivity contribution in [1.29, 1.82) is 0 Å². The lowest BCUT2D eigenvalue weighted by Gasteiger charge is -2.16. The zero-order chi connectivity index (χ0) is 14.4. The Kier molecular flexibility index (Phi) is 6.02. The highest BCUT2D eigenvalue weighted by Crippen LogP contribution is 2.12. The molecule has 1 aromatic rings. The van der Waals surface area contributed by atoms with Gasteiger partial charge in [-0.1, -0.05) is 41.9 Å². The molecule has 104 valence electrons. The molecule has 0 heterocycles. The van der Waals surface area contributed by atoms with Crippen LogP contribution in [0.15, 0.2) is 28.7 Å². The summed E-state index contributed by atoms with van der Waals surface area (Å²) in [5.74, 6) is -1.05. The first kappa shape index (κ1) is 15.7. The first-order valence-corrected chi connectivity index (χ1v) is 6.94. The molecule has 0 aromatic heterocycles. The van der Waals surface area contributed by atoms with Gasteiger partial charge in [0.25, 0.3) is 0 Å². The van der Waals surface area contributed by atoms with Crippen molar-refractivity contribution in [3.05, 3.63) is 34.3 Å². The molecule has 0 saturated carbocycles. The van der Waals surface area contributed by atoms with E-state index in [4.69, 9.17) is 5.11 Å². The van der Waals surface area contributed by atoms with E-state index in [-0.39, 0.29) is 18.2 Å². The van der Waals surface area contributed by atoms with E-state index in [1.165, 1.54) is 0 Å². The van der Waals surface area contributed by atoms with Crippen LogP contribution < -0.4 is 5.32 Å². The Morgan fingerprint density at radius 1 is 1.37 bits per heavy atom. The summed E-state index contributed by atoms with van der Waals surface area (Å²) in [4.78, 5) is 22.9. The third-order valence-electron chi connectivity index (χ3n) is 2.59. The maximum atomic E-state index is 11.8. The SMILES string of the molecule is CC(C)CC(NC(=O)Cc1cccc(Br)c1)C(=O)O. The topological polar surface area (TPSA) is 66.4 Å². The molecule has 0 spiro atoms. The van der Waals surface area contributed by atoms with E-state index in [2.05, 4.69) is 21.2 Å². The molecule has 0 fully saturated rings. The van der Waals surface area contributed by atoms with Crippen molar-refractivity contribution < 1.29 is 14.7 Å². The van der Waals surface area contributed by atoms with Crippen LogP contribution in [0.2, 0.25) is 0 Å². The van der Waals surface area contributed by atoms with Crippen LogP contribution in [0, 0.1) is 5.92 Å². The van der Waals surface area contributed by atoms with E-state index in [1.54, 1.807) is 0 Å². The van der Waals surface area contributed by atoms with Crippen molar-refractivity contribution in [2.45, 2.75) is 32.7 Å². The number of hydrogen-bond acceptors (Lipinski definition) is 2. The molecule has 0 aliphatic heterocycles. The van der Waals surface area contributed by atoms with Crippen LogP contribution in [0.5, 0.6) is 0 Å². The molecule has 0 saturated heterocycles. The van der Waals surface area contributed by atoms with Crippen LogP contribution in [0.1, 0.15) is 25.8 Å². The van der Waals surface area contributed by atoms with Crippen LogP contribution >= 0.6 is 15.9 Å². The molecule has 1 amide bonds. The molecule has 1 unspecified atom stereocenters. The average molecular weight is 328 g/mol. The van der Waals surface area contributed by atoms with Crippen molar-refractivity contribution in [3.63, 3.8) is 0 Å². The van der Waals surface area contributed by atoms with Gasteiger partial charge in [0.05, 0.1) is 6.42 Å². The second kappa shape index (κ2) is 7.28. The standard InChI is InChI=1S/C14H18BrNO3/c1-9(2)6-12(14(18)19)16-13(17)8-10-4-3-5-11(15)7-10/h3-5,7,9,12H,6,8H2,1-2H3,(H,16,17)(H,18,19). The Hall–Kier alpha value is -1.36. The highest BCUT2D eigenvalue weighted by Gasteiger charge is 2.20. The van der Waals surface area contributed by atoms with Gasteiger partial charge < -0.3 is 10.4 Å². The normalized spacial score (nSPS) is 12.2. The number of carboxylic acid groups (broad SMARTS) is 1. The van der Waals surface area contributed by atoms with Crippen molar-refractivity contribution >= 4 is 27.8 Å². The predicted molar refractivity (Wildman–Crippen MR) is 76.9 cm³/mol. The molecule has 1 atom stereocenters. The van der Waals surface area contributed by atoms with Crippen LogP contribution in [-0.4, -0.2) is 23.0 Å². The third-order valence-corrected chi connectivity index (χ3v) is 3.09. The maximum absolute atomic E-state index is 11.8. The number of halogens is 1. The van der Waals surface area contributed by atoms with Crippen molar-refractivity contribution in [1.82, 2.24) is 5.32 Å². The number of amides is 1. The molecular formula is C14H18BrNO3. The molecule has 1 rings (SSSR count). The number of benzene rings is 1. The summed E-state index contributed by atoms with van der Waals surface area (Å²) in [6, 6.07) is 6.58. The minimum Gasteiger partial charge on any atom is -0.480 e. The summed E-state index contributed by atoms with van der Waals surface area (Å²) in [5.41, 5.74) is 0.848. The Labute approximate surface area is 121 Å². The molecular weight excluding hydrogens is 310 g/mol. The van der Waals surface area contributed by atoms with Gasteiger partial charge in [0.15, 0.2) is 0 Å². The number of carboxylic acids is 1. The summed E-state index contributed by atoms with van der Waals surface area (Å²) >= 11 is 3.33. The summed E-state index contributed by atoms with van der Waals surface area (Å²) in [5, 5.41) is 11.6. The van der Waals surface area contributed by atoms with Gasteiger partial charge in [0.2, 0.25) is 5.91 Å². The fraction of sp³-hybridized carbons (Fsp3) is 0.429. The van der Waals surface area contributed by atoms with Gasteiger partial charge in [0, 0.05) is 4.47 Å². The Bertz CT molecular complexity index is 460. The van der Waals surface area contributed by atoms with E-state index < -0.39 is 12.0 Å². The first-order valence-electron chi connectivity index (χ1n) is 6.15. The van der Waals surface area contributed by atoms with Crippen LogP contribution in [0.3, 0.4) is 0 Å². The fourth-order valence-corrected chi connectivity index (χ4v) is 2.22. The van der Waals surface area contributed by atoms with Crippen molar-refractivity contribution in [2.24, 2.45) is 5.92 Å². The summed E-state index contributed by atoms with van der Waals surface area (Å²) in [7, 11) is 0. The summed E-state index contributed by atoms with van der Waals surface area (Å²) in [6.45, 7) is 3.85. The molecule has 5 heteroatoms. The van der Waals surface area contributed by atoms with E-state index >= 15 is 0 Å². The molecule has 0 bridgehead atoms. The van der Waals surface area contributed by atoms with Gasteiger partial charge in [-0.15, -0.1) is 0 Å². The average Bonchev–Trinajstić information content (AvgIpc) is 2.27. The molecule has 0 aliphatic carbocycles. The third kappa shape index (κ3) is 5.87. The molecule has 0 aliphatic rings. The Balaban J connectivity index is 2.60. The molecule has 2 N–H and O–H groups in total. The number of aliphatic carboxylic acids is 1. The van der Waals surface area contributed by atoms with Crippen molar-refractivity contribution in [3.8, 4) is 0 Å². The van der Waals surface area contributed by atoms with E-state index in [0.717, 1.165) is 10.0 Å². The second-order valence-corrected chi connectivity index (χ2v) is 5.81. The van der Waals surface area contributed by atoms with Gasteiger partial charge in [-0.2, -0.15) is 0 Å². The number of rotatable bonds is 6. The van der Waals surface area contributed by atoms with E-state index in [9.17, 15) is 9.59 Å². The first-order chi connectivity index (χ1) is 8.88. The predicted octanol–water partition coefficient (Wildman–Crippen LogP) is 2.61. The maximum Gasteiger partial charge on any atom is 0.326 e. The highest BCUT2D eigenvalue weighted by atomic mass is 79.9. The molecule has 4 nitrogen and oxygen atoms in total. The van der Waals surface area contributed by atoms with Gasteiger partial charge >= 0.3 is 5.97 Å². The summed E-state index contributed by atoms with van der Waals surface area (Å²) < 4.78 is 0.898. The quantitative estimate of drug-likeness (QED) is 0.844. The largest absolute Gasteiger partial charge is 0.480 e. The van der Waals surface area contributed by atoms with Gasteiger partial charge in [-0.3, -0.25) is 4.79 Å². The molecule has 19 heavy (non-hydrogen) atoms. The van der Waals surface area contributed by atoms with Gasteiger partial charge in [-0.25, -0.2) is 4.79 Å². The molecule has 1 aromatic carbocycles. The zero-order valence-electron chi connectivity index (χ0n) is 11.0. The van der Waals surface area contributed by atoms with Crippen LogP contribution in [0.4, 0.5) is 0 Å². The van der Waals surface area contributed by atoms with Gasteiger partial charge in [0.1, 0.15) is 6.04 Å². The van der Waals surface area contributed by atoms with Gasteiger partial charge in [-0.05, 0) is 30.0 Å². The Morgan fingerprint density at radius 3 is 2.58 bits per heavy atom. The van der Waals surface area contributed by atoms with Crippen LogP contribution in [-0.2, 0) is 16.0 Å². The smallest absolute Gasteiger partial charge is 0.326 e. The van der Waals surface area contributed by atoms with Crippen LogP contribution in [0.25, 0.3) is 0 Å². The number of carbonyl (C=O) groups excluding carboxylic acids is 1. The monoisotopic (exact) mass is 327 g/mol. The molecule has 0 radical (unpaired) electrons. The highest BCUT2D eigenvalue weighted by molar-refractivity contribution is 9.10. The number of nitrogens with one attached hydrogen (secondary N) is 1. The van der Waals surface area contributed by atoms with E-state index in [1.807, 2.05) is 38.1 Å². The summed E-state index contributed by atoms with van der Waals surface area (Å²) in [6.07, 6.45) is 0.612. The Morgan fingerprint density at radius 2 is 2.05 bits per heavy atom. The number of hydrogen-bond donors (Lipinski definition) is 2. The fourth-order valence-electron chi connectivity index (χ4n) is 1.77. The van der Waals surface area contributed by atoms with Crippen molar-refractivity contribution in [2.75, 3.05) is 0 Å². The minimum absolute atomic E-state index is 0.182. The zero-order valence-corrected chi connectivity index (χ0v) is 12.6. The lowest BCUT2D eigenvalue weighted by molar-refractivity contribution is -0.142. The number of carbonyl (C=O) groups is 2. The second-order valence-electron chi connectivity index (χ2n) is 4.89. The minimum atomic E-state index is -0.990. The lowest BCUT2D eigenvalue weighted by atomic mass is 10.0. The van der Waals surface area contributed by atoms with E-state index in [0.29, 0.717) is 6.42 Å². The lowest BCUT2D eigenvalue weighted by Crippen LogP contribution is -2.42.